The number of pyridine rings is 1. The molecule has 0 saturated heterocycles. The summed E-state index contributed by atoms with van der Waals surface area (Å²) in [5, 5.41) is 16.5. The van der Waals surface area contributed by atoms with E-state index in [4.69, 9.17) is 9.47 Å². The SMILES string of the molecule is COc1ncccc1CNc1ncc(C#N)c(NCC23CC4CC(C2)C(CCCC(=O)OC(C)(C)C)C(C4)C3)n1. The van der Waals surface area contributed by atoms with Gasteiger partial charge in [0.2, 0.25) is 11.8 Å². The van der Waals surface area contributed by atoms with Crippen molar-refractivity contribution in [2.24, 2.45) is 29.1 Å². The lowest BCUT2D eigenvalue weighted by molar-refractivity contribution is -0.155. The Kier molecular flexibility index (Phi) is 8.16. The number of methoxy groups -OCH3 is 1. The zero-order chi connectivity index (χ0) is 28.3. The number of carbonyl (C=O) groups excluding carboxylic acids is 1. The van der Waals surface area contributed by atoms with Crippen LogP contribution in [-0.4, -0.2) is 40.2 Å². The number of rotatable bonds is 11. The lowest BCUT2D eigenvalue weighted by atomic mass is 9.45. The van der Waals surface area contributed by atoms with E-state index < -0.39 is 5.60 Å². The van der Waals surface area contributed by atoms with Crippen molar-refractivity contribution in [3.8, 4) is 11.9 Å². The Morgan fingerprint density at radius 1 is 1.18 bits per heavy atom. The van der Waals surface area contributed by atoms with Gasteiger partial charge >= 0.3 is 5.97 Å². The zero-order valence-electron chi connectivity index (χ0n) is 24.2. The molecule has 4 fully saturated rings. The number of nitriles is 1. The van der Waals surface area contributed by atoms with E-state index >= 15 is 0 Å². The Morgan fingerprint density at radius 3 is 2.65 bits per heavy atom. The van der Waals surface area contributed by atoms with Gasteiger partial charge in [-0.15, -0.1) is 0 Å². The van der Waals surface area contributed by atoms with Crippen LogP contribution in [0.15, 0.2) is 24.5 Å². The van der Waals surface area contributed by atoms with Crippen LogP contribution in [0.4, 0.5) is 11.8 Å². The van der Waals surface area contributed by atoms with E-state index in [1.807, 2.05) is 32.9 Å². The number of anilines is 2. The van der Waals surface area contributed by atoms with Crippen molar-refractivity contribution in [3.05, 3.63) is 35.7 Å². The van der Waals surface area contributed by atoms with Crippen molar-refractivity contribution < 1.29 is 14.3 Å². The molecule has 2 unspecified atom stereocenters. The van der Waals surface area contributed by atoms with Gasteiger partial charge < -0.3 is 20.1 Å². The number of hydrogen-bond acceptors (Lipinski definition) is 9. The predicted octanol–water partition coefficient (Wildman–Crippen LogP) is 5.73. The summed E-state index contributed by atoms with van der Waals surface area (Å²) in [7, 11) is 1.60. The normalized spacial score (nSPS) is 26.7. The molecule has 2 aromatic heterocycles. The van der Waals surface area contributed by atoms with Crippen molar-refractivity contribution in [3.63, 3.8) is 0 Å². The largest absolute Gasteiger partial charge is 0.481 e. The third kappa shape index (κ3) is 6.48. The lowest BCUT2D eigenvalue weighted by Crippen LogP contribution is -2.53. The fourth-order valence-electron chi connectivity index (χ4n) is 7.73. The van der Waals surface area contributed by atoms with Gasteiger partial charge in [-0.25, -0.2) is 9.97 Å². The van der Waals surface area contributed by atoms with Gasteiger partial charge in [0.1, 0.15) is 23.1 Å². The highest BCUT2D eigenvalue weighted by molar-refractivity contribution is 5.69. The van der Waals surface area contributed by atoms with Crippen LogP contribution in [0.25, 0.3) is 0 Å². The predicted molar refractivity (Wildman–Crippen MR) is 153 cm³/mol. The fraction of sp³-hybridized carbons (Fsp3) is 0.645. The molecule has 214 valence electrons. The van der Waals surface area contributed by atoms with Crippen LogP contribution in [0.2, 0.25) is 0 Å². The summed E-state index contributed by atoms with van der Waals surface area (Å²) in [6, 6.07) is 6.05. The summed E-state index contributed by atoms with van der Waals surface area (Å²) in [5.74, 6) is 4.47. The third-order valence-electron chi connectivity index (χ3n) is 8.95. The number of nitrogens with zero attached hydrogens (tertiary/aromatic N) is 4. The maximum absolute atomic E-state index is 12.2. The van der Waals surface area contributed by atoms with E-state index in [0.29, 0.717) is 42.1 Å². The number of esters is 1. The van der Waals surface area contributed by atoms with Crippen LogP contribution < -0.4 is 15.4 Å². The van der Waals surface area contributed by atoms with E-state index in [9.17, 15) is 10.1 Å². The van der Waals surface area contributed by atoms with E-state index in [1.54, 1.807) is 19.5 Å². The van der Waals surface area contributed by atoms with Crippen molar-refractivity contribution in [2.75, 3.05) is 24.3 Å². The second-order valence-corrected chi connectivity index (χ2v) is 13.1. The molecule has 0 radical (unpaired) electrons. The molecular weight excluding hydrogens is 504 g/mol. The van der Waals surface area contributed by atoms with Crippen LogP contribution in [0, 0.1) is 40.4 Å². The molecule has 0 amide bonds. The number of hydrogen-bond donors (Lipinski definition) is 2. The average molecular weight is 547 g/mol. The molecule has 9 nitrogen and oxygen atoms in total. The van der Waals surface area contributed by atoms with Crippen molar-refractivity contribution in [2.45, 2.75) is 84.3 Å². The fourth-order valence-corrected chi connectivity index (χ4v) is 7.73. The van der Waals surface area contributed by atoms with Crippen LogP contribution in [0.3, 0.4) is 0 Å². The highest BCUT2D eigenvalue weighted by Crippen LogP contribution is 2.63. The van der Waals surface area contributed by atoms with Crippen molar-refractivity contribution >= 4 is 17.7 Å². The standard InChI is InChI=1S/C31H42N6O3/c1-30(2,3)40-26(38)9-5-8-25-22-11-20-12-23(25)15-31(13-20,14-22)19-36-27-24(16-32)18-35-29(37-27)34-17-21-7-6-10-33-28(21)39-4/h6-7,10,18,20,22-23,25H,5,8-9,11-15,17,19H2,1-4H3,(H2,34,35,36,37). The molecule has 2 heterocycles. The Morgan fingerprint density at radius 2 is 1.95 bits per heavy atom. The maximum Gasteiger partial charge on any atom is 0.306 e. The summed E-state index contributed by atoms with van der Waals surface area (Å²) in [6.07, 6.45) is 12.1. The first kappa shape index (κ1) is 28.1. The van der Waals surface area contributed by atoms with Crippen molar-refractivity contribution in [1.82, 2.24) is 15.0 Å². The first-order valence-corrected chi connectivity index (χ1v) is 14.6. The smallest absolute Gasteiger partial charge is 0.306 e. The van der Waals surface area contributed by atoms with Crippen LogP contribution >= 0.6 is 0 Å². The molecule has 4 bridgehead atoms. The van der Waals surface area contributed by atoms with Gasteiger partial charge in [0.05, 0.1) is 13.3 Å². The van der Waals surface area contributed by atoms with E-state index in [2.05, 4.69) is 31.7 Å². The van der Waals surface area contributed by atoms with Crippen LogP contribution in [0.1, 0.15) is 83.3 Å². The monoisotopic (exact) mass is 546 g/mol. The summed E-state index contributed by atoms with van der Waals surface area (Å²) in [4.78, 5) is 25.5. The van der Waals surface area contributed by atoms with E-state index in [1.165, 1.54) is 32.1 Å². The minimum absolute atomic E-state index is 0.0800. The second kappa shape index (κ2) is 11.6. The Hall–Kier alpha value is -3.41. The second-order valence-electron chi connectivity index (χ2n) is 13.1. The Balaban J connectivity index is 1.19. The summed E-state index contributed by atoms with van der Waals surface area (Å²) in [5.41, 5.74) is 1.18. The van der Waals surface area contributed by atoms with Gasteiger partial charge in [0, 0.05) is 31.3 Å². The van der Waals surface area contributed by atoms with E-state index in [-0.39, 0.29) is 11.4 Å². The molecule has 6 rings (SSSR count). The first-order valence-electron chi connectivity index (χ1n) is 14.6. The van der Waals surface area contributed by atoms with E-state index in [0.717, 1.165) is 42.7 Å². The molecule has 2 N–H and O–H groups in total. The molecular formula is C31H42N6O3. The molecule has 0 aliphatic heterocycles. The minimum atomic E-state index is -0.419. The molecule has 4 aliphatic rings. The summed E-state index contributed by atoms with van der Waals surface area (Å²) < 4.78 is 10.9. The van der Waals surface area contributed by atoms with Crippen LogP contribution in [-0.2, 0) is 16.1 Å². The van der Waals surface area contributed by atoms with Crippen molar-refractivity contribution in [1.29, 1.82) is 5.26 Å². The minimum Gasteiger partial charge on any atom is -0.481 e. The average Bonchev–Trinajstić information content (AvgIpc) is 2.91. The van der Waals surface area contributed by atoms with Gasteiger partial charge in [-0.1, -0.05) is 6.07 Å². The molecule has 0 spiro atoms. The lowest BCUT2D eigenvalue weighted by Gasteiger charge is -2.60. The molecule has 40 heavy (non-hydrogen) atoms. The van der Waals surface area contributed by atoms with Gasteiger partial charge in [-0.3, -0.25) is 4.79 Å². The Bertz CT molecular complexity index is 1240. The third-order valence-corrected chi connectivity index (χ3v) is 8.95. The first-order chi connectivity index (χ1) is 19.2. The van der Waals surface area contributed by atoms with Gasteiger partial charge in [0.25, 0.3) is 0 Å². The van der Waals surface area contributed by atoms with Gasteiger partial charge in [-0.05, 0) is 101 Å². The number of nitrogens with one attached hydrogen (secondary N) is 2. The molecule has 4 saturated carbocycles. The Labute approximate surface area is 237 Å². The highest BCUT2D eigenvalue weighted by atomic mass is 16.6. The van der Waals surface area contributed by atoms with Gasteiger partial charge in [-0.2, -0.15) is 10.2 Å². The number of aromatic nitrogens is 3. The molecule has 9 heteroatoms. The van der Waals surface area contributed by atoms with Gasteiger partial charge in [0.15, 0.2) is 0 Å². The topological polar surface area (TPSA) is 122 Å². The summed E-state index contributed by atoms with van der Waals surface area (Å²) in [6.45, 7) is 7.06. The maximum atomic E-state index is 12.2. The molecule has 2 atom stereocenters. The highest BCUT2D eigenvalue weighted by Gasteiger charge is 2.54. The molecule has 2 aromatic rings. The van der Waals surface area contributed by atoms with Crippen LogP contribution in [0.5, 0.6) is 5.88 Å². The zero-order valence-corrected chi connectivity index (χ0v) is 24.2. The quantitative estimate of drug-likeness (QED) is 0.340. The molecule has 0 aromatic carbocycles. The summed E-state index contributed by atoms with van der Waals surface area (Å²) >= 11 is 0. The number of carbonyl (C=O) groups is 1. The number of ether oxygens (including phenoxy) is 2. The molecule has 4 aliphatic carbocycles.